The minimum Gasteiger partial charge on any atom is -0.385 e. The molecule has 0 saturated carbocycles. The Labute approximate surface area is 168 Å². The average Bonchev–Trinajstić information content (AvgIpc) is 3.33. The maximum absolute atomic E-state index is 12.8. The van der Waals surface area contributed by atoms with Crippen LogP contribution in [0.4, 0.5) is 10.5 Å². The zero-order valence-electron chi connectivity index (χ0n) is 15.9. The first kappa shape index (κ1) is 19.5. The van der Waals surface area contributed by atoms with Crippen molar-refractivity contribution in [3.05, 3.63) is 39.4 Å². The number of aromatic nitrogens is 1. The predicted molar refractivity (Wildman–Crippen MR) is 110 cm³/mol. The maximum atomic E-state index is 12.8. The summed E-state index contributed by atoms with van der Waals surface area (Å²) in [5.74, 6) is 0. The molecule has 2 amide bonds. The van der Waals surface area contributed by atoms with Crippen LogP contribution < -0.4 is 10.5 Å². The second-order valence-electron chi connectivity index (χ2n) is 7.87. The second-order valence-corrected chi connectivity index (χ2v) is 10.9. The molecule has 0 bridgehead atoms. The molecule has 7 nitrogen and oxygen atoms in total. The average molecular weight is 421 g/mol. The molecule has 0 saturated heterocycles. The highest BCUT2D eigenvalue weighted by Crippen LogP contribution is 2.38. The summed E-state index contributed by atoms with van der Waals surface area (Å²) in [6, 6.07) is 1.55. The summed E-state index contributed by atoms with van der Waals surface area (Å²) in [6.45, 7) is 3.20. The van der Waals surface area contributed by atoms with Crippen molar-refractivity contribution in [2.45, 2.75) is 62.3 Å². The summed E-state index contributed by atoms with van der Waals surface area (Å²) < 4.78 is 16.6. The predicted octanol–water partition coefficient (Wildman–Crippen LogP) is 3.28. The second kappa shape index (κ2) is 6.91. The number of nitrogens with two attached hydrogens (primary N) is 1. The normalized spacial score (nSPS) is 17.7. The number of fused-ring (bicyclic) bond motifs is 2. The molecule has 1 aromatic heterocycles. The van der Waals surface area contributed by atoms with Crippen LogP contribution in [-0.2, 0) is 41.2 Å². The van der Waals surface area contributed by atoms with Crippen molar-refractivity contribution in [3.8, 4) is 0 Å². The van der Waals surface area contributed by atoms with E-state index in [1.165, 1.54) is 28.5 Å². The fraction of sp³-hybridized carbons (Fsp3) is 0.474. The lowest BCUT2D eigenvalue weighted by Crippen LogP contribution is -2.18. The number of aliphatic hydroxyl groups is 1. The summed E-state index contributed by atoms with van der Waals surface area (Å²) >= 11 is 1.000. The molecule has 1 atom stereocenters. The van der Waals surface area contributed by atoms with Gasteiger partial charge in [-0.25, -0.2) is 19.1 Å². The quantitative estimate of drug-likeness (QED) is 0.706. The first-order chi connectivity index (χ1) is 13.1. The lowest BCUT2D eigenvalue weighted by Gasteiger charge is -2.15. The van der Waals surface area contributed by atoms with Crippen molar-refractivity contribution < 1.29 is 14.1 Å². The van der Waals surface area contributed by atoms with Crippen LogP contribution in [-0.4, -0.2) is 20.3 Å². The maximum Gasteiger partial charge on any atom is 0.354 e. The number of carbonyl (C=O) groups excluding carboxylic acids is 1. The summed E-state index contributed by atoms with van der Waals surface area (Å²) in [7, 11) is -3.49. The van der Waals surface area contributed by atoms with Gasteiger partial charge in [0, 0.05) is 11.9 Å². The Morgan fingerprint density at radius 2 is 1.86 bits per heavy atom. The molecule has 9 heteroatoms. The summed E-state index contributed by atoms with van der Waals surface area (Å²) in [5, 5.41) is 18.8. The van der Waals surface area contributed by atoms with Crippen LogP contribution in [0.2, 0.25) is 0 Å². The molecule has 2 aliphatic rings. The Kier molecular flexibility index (Phi) is 4.81. The van der Waals surface area contributed by atoms with E-state index in [4.69, 9.17) is 5.14 Å². The zero-order chi connectivity index (χ0) is 20.1. The van der Waals surface area contributed by atoms with Crippen molar-refractivity contribution in [3.63, 3.8) is 0 Å². The van der Waals surface area contributed by atoms with Gasteiger partial charge < -0.3 is 10.4 Å². The van der Waals surface area contributed by atoms with Gasteiger partial charge in [0.05, 0.1) is 10.5 Å². The number of thiazole rings is 1. The molecule has 0 radical (unpaired) electrons. The fourth-order valence-electron chi connectivity index (χ4n) is 3.94. The Balaban J connectivity index is 1.65. The van der Waals surface area contributed by atoms with E-state index in [1.807, 2.05) is 0 Å². The van der Waals surface area contributed by atoms with Gasteiger partial charge in [-0.3, -0.25) is 0 Å². The van der Waals surface area contributed by atoms with Gasteiger partial charge in [0.2, 0.25) is 4.34 Å². The molecular weight excluding hydrogens is 396 g/mol. The summed E-state index contributed by atoms with van der Waals surface area (Å²) in [4.78, 5) is 17.1. The van der Waals surface area contributed by atoms with Gasteiger partial charge in [-0.2, -0.15) is 0 Å². The van der Waals surface area contributed by atoms with Gasteiger partial charge in [0.15, 0.2) is 9.92 Å². The number of nitrogens with zero attached hydrogens (tertiary/aromatic N) is 2. The van der Waals surface area contributed by atoms with Crippen LogP contribution in [0.15, 0.2) is 21.0 Å². The molecule has 4 rings (SSSR count). The van der Waals surface area contributed by atoms with Crippen LogP contribution in [0.5, 0.6) is 0 Å². The van der Waals surface area contributed by atoms with Gasteiger partial charge in [-0.05, 0) is 74.6 Å². The van der Waals surface area contributed by atoms with E-state index < -0.39 is 21.5 Å². The number of nitrogens with one attached hydrogen (secondary N) is 1. The van der Waals surface area contributed by atoms with Gasteiger partial charge in [0.1, 0.15) is 0 Å². The Bertz CT molecular complexity index is 1040. The van der Waals surface area contributed by atoms with Gasteiger partial charge in [-0.1, -0.05) is 6.07 Å². The van der Waals surface area contributed by atoms with Gasteiger partial charge in [-0.15, -0.1) is 15.7 Å². The number of rotatable bonds is 3. The molecular formula is C19H24N4O3S2. The van der Waals surface area contributed by atoms with Crippen molar-refractivity contribution in [1.82, 2.24) is 4.98 Å². The first-order valence-electron chi connectivity index (χ1n) is 9.36. The number of benzene rings is 1. The molecule has 28 heavy (non-hydrogen) atoms. The summed E-state index contributed by atoms with van der Waals surface area (Å²) in [6.07, 6.45) is 7.46. The molecule has 1 unspecified atom stereocenters. The standard InChI is InChI=1S/C19H24N4O3S2/c1-19(2,25)15-10-21-18(27-15)28(20,26)23-17(24)22-16-13-7-3-5-11(13)9-12-6-4-8-14(12)16/h9-10,25H,3-8H2,1-2H3,(H3,20,22,23,24,26). The van der Waals surface area contributed by atoms with E-state index in [9.17, 15) is 14.1 Å². The third kappa shape index (κ3) is 3.59. The van der Waals surface area contributed by atoms with Crippen molar-refractivity contribution in [2.24, 2.45) is 9.50 Å². The van der Waals surface area contributed by atoms with Crippen LogP contribution in [0, 0.1) is 0 Å². The molecule has 2 aromatic rings. The molecule has 1 heterocycles. The number of urea groups is 1. The lowest BCUT2D eigenvalue weighted by atomic mass is 9.99. The Morgan fingerprint density at radius 3 is 2.39 bits per heavy atom. The minimum atomic E-state index is -3.49. The largest absolute Gasteiger partial charge is 0.385 e. The number of carbonyl (C=O) groups is 1. The van der Waals surface area contributed by atoms with Crippen LogP contribution in [0.25, 0.3) is 0 Å². The number of anilines is 1. The molecule has 0 aliphatic heterocycles. The molecule has 4 N–H and O–H groups in total. The molecule has 150 valence electrons. The van der Waals surface area contributed by atoms with Crippen LogP contribution >= 0.6 is 11.3 Å². The molecule has 0 spiro atoms. The topological polar surface area (TPSA) is 118 Å². The van der Waals surface area contributed by atoms with E-state index in [0.717, 1.165) is 55.5 Å². The molecule has 1 aromatic carbocycles. The van der Waals surface area contributed by atoms with Crippen molar-refractivity contribution in [2.75, 3.05) is 5.32 Å². The highest BCUT2D eigenvalue weighted by atomic mass is 32.2. The smallest absolute Gasteiger partial charge is 0.354 e. The van der Waals surface area contributed by atoms with Crippen LogP contribution in [0.1, 0.15) is 53.8 Å². The van der Waals surface area contributed by atoms with Crippen molar-refractivity contribution in [1.29, 1.82) is 0 Å². The third-order valence-electron chi connectivity index (χ3n) is 5.26. The SMILES string of the molecule is CC(C)(O)c1cnc(S(N)(=O)=NC(=O)Nc2c3c(cc4c2CCC4)CCC3)s1. The minimum absolute atomic E-state index is 0.0308. The van der Waals surface area contributed by atoms with E-state index >= 15 is 0 Å². The first-order valence-corrected chi connectivity index (χ1v) is 11.8. The van der Waals surface area contributed by atoms with E-state index in [1.54, 1.807) is 13.8 Å². The number of aryl methyl sites for hydroxylation is 2. The summed E-state index contributed by atoms with van der Waals surface area (Å²) in [5.41, 5.74) is 4.64. The molecule has 0 fully saturated rings. The number of hydrogen-bond donors (Lipinski definition) is 3. The van der Waals surface area contributed by atoms with Crippen molar-refractivity contribution >= 4 is 33.0 Å². The van der Waals surface area contributed by atoms with Gasteiger partial charge >= 0.3 is 6.03 Å². The number of hydrogen-bond acceptors (Lipinski definition) is 5. The van der Waals surface area contributed by atoms with E-state index in [0.29, 0.717) is 4.88 Å². The highest BCUT2D eigenvalue weighted by Gasteiger charge is 2.26. The number of amides is 2. The monoisotopic (exact) mass is 420 g/mol. The van der Waals surface area contributed by atoms with Crippen LogP contribution in [0.3, 0.4) is 0 Å². The zero-order valence-corrected chi connectivity index (χ0v) is 17.6. The molecule has 2 aliphatic carbocycles. The highest BCUT2D eigenvalue weighted by molar-refractivity contribution is 7.93. The Morgan fingerprint density at radius 1 is 1.25 bits per heavy atom. The Hall–Kier alpha value is -1.81. The third-order valence-corrected chi connectivity index (χ3v) is 8.38. The van der Waals surface area contributed by atoms with Gasteiger partial charge in [0.25, 0.3) is 0 Å². The lowest BCUT2D eigenvalue weighted by molar-refractivity contribution is 0.0823. The van der Waals surface area contributed by atoms with E-state index in [-0.39, 0.29) is 4.34 Å². The van der Waals surface area contributed by atoms with E-state index in [2.05, 4.69) is 20.7 Å². The fourth-order valence-corrected chi connectivity index (χ4v) is 6.02.